The first-order valence-electron chi connectivity index (χ1n) is 5.18. The summed E-state index contributed by atoms with van der Waals surface area (Å²) in [6.45, 7) is 5.72. The summed E-state index contributed by atoms with van der Waals surface area (Å²) in [5, 5.41) is 28.9. The second kappa shape index (κ2) is 4.57. The third kappa shape index (κ3) is 2.08. The van der Waals surface area contributed by atoms with Gasteiger partial charge >= 0.3 is 0 Å². The molecule has 4 nitrogen and oxygen atoms in total. The van der Waals surface area contributed by atoms with Gasteiger partial charge < -0.3 is 20.1 Å². The van der Waals surface area contributed by atoms with E-state index < -0.39 is 24.6 Å². The minimum Gasteiger partial charge on any atom is -0.390 e. The molecule has 0 spiro atoms. The third-order valence-electron chi connectivity index (χ3n) is 2.93. The highest BCUT2D eigenvalue weighted by atomic mass is 16.6. The van der Waals surface area contributed by atoms with E-state index in [9.17, 15) is 15.3 Å². The SMILES string of the molecule is CCC1C(O)C(O)OC(C(C)C)C1O. The maximum absolute atomic E-state index is 9.89. The van der Waals surface area contributed by atoms with Crippen molar-refractivity contribution in [2.75, 3.05) is 0 Å². The molecule has 5 unspecified atom stereocenters. The predicted molar refractivity (Wildman–Crippen MR) is 51.5 cm³/mol. The Hall–Kier alpha value is -0.160. The summed E-state index contributed by atoms with van der Waals surface area (Å²) in [5.74, 6) is -0.174. The molecule has 0 bridgehead atoms. The van der Waals surface area contributed by atoms with Gasteiger partial charge in [0.15, 0.2) is 6.29 Å². The molecular weight excluding hydrogens is 184 g/mol. The smallest absolute Gasteiger partial charge is 0.181 e. The molecule has 84 valence electrons. The lowest BCUT2D eigenvalue weighted by molar-refractivity contribution is -0.276. The maximum atomic E-state index is 9.89. The van der Waals surface area contributed by atoms with Crippen molar-refractivity contribution in [1.82, 2.24) is 0 Å². The van der Waals surface area contributed by atoms with Crippen LogP contribution in [0.1, 0.15) is 27.2 Å². The Kier molecular flexibility index (Phi) is 3.89. The molecule has 0 saturated carbocycles. The van der Waals surface area contributed by atoms with E-state index in [1.165, 1.54) is 0 Å². The van der Waals surface area contributed by atoms with E-state index in [-0.39, 0.29) is 11.8 Å². The van der Waals surface area contributed by atoms with Gasteiger partial charge in [-0.3, -0.25) is 0 Å². The van der Waals surface area contributed by atoms with Crippen LogP contribution in [0.5, 0.6) is 0 Å². The van der Waals surface area contributed by atoms with Crippen LogP contribution in [0.3, 0.4) is 0 Å². The average molecular weight is 204 g/mol. The molecule has 1 fully saturated rings. The van der Waals surface area contributed by atoms with Gasteiger partial charge in [0.25, 0.3) is 0 Å². The summed E-state index contributed by atoms with van der Waals surface area (Å²) < 4.78 is 5.16. The van der Waals surface area contributed by atoms with Crippen molar-refractivity contribution < 1.29 is 20.1 Å². The highest BCUT2D eigenvalue weighted by molar-refractivity contribution is 4.89. The van der Waals surface area contributed by atoms with E-state index in [2.05, 4.69) is 0 Å². The van der Waals surface area contributed by atoms with E-state index in [0.717, 1.165) is 0 Å². The van der Waals surface area contributed by atoms with Crippen molar-refractivity contribution >= 4 is 0 Å². The van der Waals surface area contributed by atoms with E-state index in [4.69, 9.17) is 4.74 Å². The quantitative estimate of drug-likeness (QED) is 0.597. The van der Waals surface area contributed by atoms with Crippen molar-refractivity contribution in [3.63, 3.8) is 0 Å². The highest BCUT2D eigenvalue weighted by Gasteiger charge is 2.43. The Balaban J connectivity index is 2.75. The van der Waals surface area contributed by atoms with E-state index in [0.29, 0.717) is 6.42 Å². The molecule has 1 heterocycles. The number of aliphatic hydroxyl groups excluding tert-OH is 3. The van der Waals surface area contributed by atoms with Gasteiger partial charge in [0, 0.05) is 5.92 Å². The van der Waals surface area contributed by atoms with Gasteiger partial charge in [-0.25, -0.2) is 0 Å². The Bertz CT molecular complexity index is 181. The summed E-state index contributed by atoms with van der Waals surface area (Å²) in [6.07, 6.45) is -2.61. The standard InChI is InChI=1S/C10H20O4/c1-4-6-7(11)9(5(2)3)14-10(13)8(6)12/h5-13H,4H2,1-3H3. The molecule has 14 heavy (non-hydrogen) atoms. The van der Waals surface area contributed by atoms with Crippen LogP contribution in [0.15, 0.2) is 0 Å². The molecule has 0 aliphatic carbocycles. The Morgan fingerprint density at radius 3 is 2.14 bits per heavy atom. The Labute approximate surface area is 84.5 Å². The highest BCUT2D eigenvalue weighted by Crippen LogP contribution is 2.30. The van der Waals surface area contributed by atoms with Crippen molar-refractivity contribution in [2.45, 2.75) is 51.8 Å². The summed E-state index contributed by atoms with van der Waals surface area (Å²) >= 11 is 0. The van der Waals surface area contributed by atoms with Crippen molar-refractivity contribution in [1.29, 1.82) is 0 Å². The normalized spacial score (nSPS) is 44.4. The van der Waals surface area contributed by atoms with E-state index in [1.54, 1.807) is 0 Å². The molecule has 1 saturated heterocycles. The number of ether oxygens (including phenoxy) is 1. The lowest BCUT2D eigenvalue weighted by Gasteiger charge is -2.42. The minimum atomic E-state index is -1.17. The van der Waals surface area contributed by atoms with E-state index in [1.807, 2.05) is 20.8 Å². The van der Waals surface area contributed by atoms with E-state index >= 15 is 0 Å². The van der Waals surface area contributed by atoms with Gasteiger partial charge in [0.1, 0.15) is 6.10 Å². The molecule has 0 radical (unpaired) electrons. The number of rotatable bonds is 2. The van der Waals surface area contributed by atoms with Gasteiger partial charge in [-0.05, 0) is 12.3 Å². The lowest BCUT2D eigenvalue weighted by atomic mass is 9.83. The van der Waals surface area contributed by atoms with Crippen molar-refractivity contribution in [2.24, 2.45) is 11.8 Å². The molecular formula is C10H20O4. The number of hydrogen-bond donors (Lipinski definition) is 3. The van der Waals surface area contributed by atoms with Gasteiger partial charge in [0.2, 0.25) is 0 Å². The van der Waals surface area contributed by atoms with Gasteiger partial charge in [-0.2, -0.15) is 0 Å². The average Bonchev–Trinajstić information content (AvgIpc) is 2.12. The molecule has 1 aliphatic rings. The van der Waals surface area contributed by atoms with Crippen LogP contribution in [0.25, 0.3) is 0 Å². The fourth-order valence-corrected chi connectivity index (χ4v) is 2.01. The molecule has 0 aromatic rings. The van der Waals surface area contributed by atoms with Crippen LogP contribution in [0, 0.1) is 11.8 Å². The predicted octanol–water partition coefficient (Wildman–Crippen LogP) is 0.108. The monoisotopic (exact) mass is 204 g/mol. The van der Waals surface area contributed by atoms with Crippen LogP contribution in [0.2, 0.25) is 0 Å². The number of hydrogen-bond acceptors (Lipinski definition) is 4. The lowest BCUT2D eigenvalue weighted by Crippen LogP contribution is -2.55. The zero-order valence-corrected chi connectivity index (χ0v) is 8.92. The van der Waals surface area contributed by atoms with Crippen molar-refractivity contribution in [3.8, 4) is 0 Å². The number of aliphatic hydroxyl groups is 3. The fraction of sp³-hybridized carbons (Fsp3) is 1.00. The topological polar surface area (TPSA) is 69.9 Å². The zero-order chi connectivity index (χ0) is 10.9. The third-order valence-corrected chi connectivity index (χ3v) is 2.93. The molecule has 5 atom stereocenters. The largest absolute Gasteiger partial charge is 0.390 e. The van der Waals surface area contributed by atoms with Gasteiger partial charge in [-0.15, -0.1) is 0 Å². The molecule has 3 N–H and O–H groups in total. The van der Waals surface area contributed by atoms with Crippen molar-refractivity contribution in [3.05, 3.63) is 0 Å². The first-order valence-corrected chi connectivity index (χ1v) is 5.18. The molecule has 4 heteroatoms. The molecule has 1 rings (SSSR count). The van der Waals surface area contributed by atoms with Crippen LogP contribution >= 0.6 is 0 Å². The Morgan fingerprint density at radius 2 is 1.71 bits per heavy atom. The molecule has 0 aromatic carbocycles. The van der Waals surface area contributed by atoms with Crippen LogP contribution in [0.4, 0.5) is 0 Å². The first-order chi connectivity index (χ1) is 6.49. The first kappa shape index (κ1) is 11.9. The fourth-order valence-electron chi connectivity index (χ4n) is 2.01. The summed E-state index contributed by atoms with van der Waals surface area (Å²) in [5.41, 5.74) is 0. The Morgan fingerprint density at radius 1 is 1.14 bits per heavy atom. The second-order valence-corrected chi connectivity index (χ2v) is 4.29. The van der Waals surface area contributed by atoms with Gasteiger partial charge in [0.05, 0.1) is 12.2 Å². The summed E-state index contributed by atoms with van der Waals surface area (Å²) in [7, 11) is 0. The molecule has 1 aliphatic heterocycles. The van der Waals surface area contributed by atoms with Gasteiger partial charge in [-0.1, -0.05) is 20.8 Å². The van der Waals surface area contributed by atoms with Crippen LogP contribution in [-0.2, 0) is 4.74 Å². The molecule has 0 aromatic heterocycles. The van der Waals surface area contributed by atoms with Crippen LogP contribution in [-0.4, -0.2) is 39.9 Å². The zero-order valence-electron chi connectivity index (χ0n) is 8.92. The summed E-state index contributed by atoms with van der Waals surface area (Å²) in [6, 6.07) is 0. The molecule has 0 amide bonds. The van der Waals surface area contributed by atoms with Crippen LogP contribution < -0.4 is 0 Å². The second-order valence-electron chi connectivity index (χ2n) is 4.29. The minimum absolute atomic E-state index is 0.126. The maximum Gasteiger partial charge on any atom is 0.181 e. The summed E-state index contributed by atoms with van der Waals surface area (Å²) in [4.78, 5) is 0.